The smallest absolute Gasteiger partial charge is 0.225 e. The number of rotatable bonds is 3. The predicted molar refractivity (Wildman–Crippen MR) is 75.3 cm³/mol. The monoisotopic (exact) mass is 275 g/mol. The molecule has 2 N–H and O–H groups in total. The van der Waals surface area contributed by atoms with Crippen LogP contribution in [0.2, 0.25) is 0 Å². The number of fused-ring (bicyclic) bond motifs is 1. The number of thiophene rings is 1. The SMILES string of the molecule is N#Cc1c(NC(=O)CC2CCNC2)sc2c1CCC2. The summed E-state index contributed by atoms with van der Waals surface area (Å²) in [6, 6.07) is 2.26. The quantitative estimate of drug-likeness (QED) is 0.887. The molecule has 1 aromatic heterocycles. The molecule has 0 spiro atoms. The number of hydrogen-bond donors (Lipinski definition) is 2. The summed E-state index contributed by atoms with van der Waals surface area (Å²) in [5.41, 5.74) is 1.88. The standard InChI is InChI=1S/C14H17N3OS/c15-7-11-10-2-1-3-12(10)19-14(11)17-13(18)6-9-4-5-16-8-9/h9,16H,1-6,8H2,(H,17,18). The van der Waals surface area contributed by atoms with Crippen LogP contribution in [0.5, 0.6) is 0 Å². The zero-order valence-electron chi connectivity index (χ0n) is 10.8. The molecule has 2 aliphatic rings. The summed E-state index contributed by atoms with van der Waals surface area (Å²) in [7, 11) is 0. The Morgan fingerprint density at radius 2 is 2.42 bits per heavy atom. The Kier molecular flexibility index (Phi) is 3.54. The van der Waals surface area contributed by atoms with E-state index in [1.54, 1.807) is 11.3 Å². The molecular formula is C14H17N3OS. The van der Waals surface area contributed by atoms with Crippen LogP contribution in [0.4, 0.5) is 5.00 Å². The second-order valence-electron chi connectivity index (χ2n) is 5.28. The van der Waals surface area contributed by atoms with Gasteiger partial charge in [-0.25, -0.2) is 0 Å². The van der Waals surface area contributed by atoms with Crippen molar-refractivity contribution in [3.63, 3.8) is 0 Å². The third-order valence-electron chi connectivity index (χ3n) is 3.92. The first-order valence-electron chi connectivity index (χ1n) is 6.83. The normalized spacial score (nSPS) is 21.1. The van der Waals surface area contributed by atoms with Crippen LogP contribution < -0.4 is 10.6 Å². The van der Waals surface area contributed by atoms with Gasteiger partial charge in [0, 0.05) is 11.3 Å². The van der Waals surface area contributed by atoms with E-state index in [9.17, 15) is 10.1 Å². The second-order valence-corrected chi connectivity index (χ2v) is 6.39. The fourth-order valence-electron chi connectivity index (χ4n) is 2.94. The molecular weight excluding hydrogens is 258 g/mol. The molecule has 0 aromatic carbocycles. The lowest BCUT2D eigenvalue weighted by Crippen LogP contribution is -2.18. The molecule has 1 atom stereocenters. The van der Waals surface area contributed by atoms with Crippen LogP contribution in [0.15, 0.2) is 0 Å². The van der Waals surface area contributed by atoms with Gasteiger partial charge in [0.15, 0.2) is 0 Å². The zero-order valence-corrected chi connectivity index (χ0v) is 11.6. The van der Waals surface area contributed by atoms with Gasteiger partial charge >= 0.3 is 0 Å². The van der Waals surface area contributed by atoms with Gasteiger partial charge in [-0.1, -0.05) is 0 Å². The van der Waals surface area contributed by atoms with Crippen molar-refractivity contribution in [2.75, 3.05) is 18.4 Å². The van der Waals surface area contributed by atoms with Crippen LogP contribution in [-0.2, 0) is 17.6 Å². The molecule has 100 valence electrons. The minimum atomic E-state index is 0.0464. The fraction of sp³-hybridized carbons (Fsp3) is 0.571. The number of anilines is 1. The Balaban J connectivity index is 1.69. The lowest BCUT2D eigenvalue weighted by molar-refractivity contribution is -0.116. The topological polar surface area (TPSA) is 64.9 Å². The van der Waals surface area contributed by atoms with Crippen molar-refractivity contribution in [1.82, 2.24) is 5.32 Å². The molecule has 1 aliphatic heterocycles. The number of nitrogens with zero attached hydrogens (tertiary/aromatic N) is 1. The third-order valence-corrected chi connectivity index (χ3v) is 5.13. The summed E-state index contributed by atoms with van der Waals surface area (Å²) in [4.78, 5) is 13.3. The van der Waals surface area contributed by atoms with Gasteiger partial charge in [0.2, 0.25) is 5.91 Å². The average Bonchev–Trinajstić information content (AvgIpc) is 3.05. The van der Waals surface area contributed by atoms with Gasteiger partial charge in [0.1, 0.15) is 11.1 Å². The summed E-state index contributed by atoms with van der Waals surface area (Å²) >= 11 is 1.59. The maximum absolute atomic E-state index is 12.0. The molecule has 1 saturated heterocycles. The number of nitrogens with one attached hydrogen (secondary N) is 2. The van der Waals surface area contributed by atoms with Crippen molar-refractivity contribution in [2.24, 2.45) is 5.92 Å². The number of hydrogen-bond acceptors (Lipinski definition) is 4. The van der Waals surface area contributed by atoms with Gasteiger partial charge in [-0.3, -0.25) is 4.79 Å². The molecule has 3 rings (SSSR count). The first-order chi connectivity index (χ1) is 9.28. The molecule has 2 heterocycles. The summed E-state index contributed by atoms with van der Waals surface area (Å²) in [6.07, 6.45) is 4.80. The van der Waals surface area contributed by atoms with E-state index in [4.69, 9.17) is 0 Å². The highest BCUT2D eigenvalue weighted by atomic mass is 32.1. The predicted octanol–water partition coefficient (Wildman–Crippen LogP) is 2.05. The van der Waals surface area contributed by atoms with Crippen molar-refractivity contribution in [1.29, 1.82) is 5.26 Å². The Morgan fingerprint density at radius 3 is 3.16 bits per heavy atom. The maximum Gasteiger partial charge on any atom is 0.225 e. The Bertz CT molecular complexity index is 538. The summed E-state index contributed by atoms with van der Waals surface area (Å²) in [5.74, 6) is 0.488. The molecule has 0 radical (unpaired) electrons. The number of carbonyl (C=O) groups is 1. The van der Waals surface area contributed by atoms with Crippen molar-refractivity contribution in [2.45, 2.75) is 32.1 Å². The van der Waals surface area contributed by atoms with E-state index in [1.165, 1.54) is 10.4 Å². The number of amides is 1. The molecule has 1 fully saturated rings. The van der Waals surface area contributed by atoms with Gasteiger partial charge in [-0.05, 0) is 50.3 Å². The first-order valence-corrected chi connectivity index (χ1v) is 7.64. The molecule has 19 heavy (non-hydrogen) atoms. The van der Waals surface area contributed by atoms with Crippen LogP contribution in [0.1, 0.15) is 35.3 Å². The van der Waals surface area contributed by atoms with Crippen molar-refractivity contribution in [3.8, 4) is 6.07 Å². The minimum absolute atomic E-state index is 0.0464. The molecule has 0 bridgehead atoms. The van der Waals surface area contributed by atoms with Gasteiger partial charge in [0.05, 0.1) is 5.56 Å². The molecule has 0 saturated carbocycles. The number of nitriles is 1. The second kappa shape index (κ2) is 5.32. The van der Waals surface area contributed by atoms with E-state index >= 15 is 0 Å². The average molecular weight is 275 g/mol. The Hall–Kier alpha value is -1.38. The third kappa shape index (κ3) is 2.51. The van der Waals surface area contributed by atoms with Crippen LogP contribution in [0.3, 0.4) is 0 Å². The summed E-state index contributed by atoms with van der Waals surface area (Å²) in [5, 5.41) is 16.2. The van der Waals surface area contributed by atoms with Crippen molar-refractivity contribution >= 4 is 22.2 Å². The molecule has 1 amide bonds. The maximum atomic E-state index is 12.0. The van der Waals surface area contributed by atoms with Gasteiger partial charge < -0.3 is 10.6 Å². The Labute approximate surface area is 116 Å². The Morgan fingerprint density at radius 1 is 1.53 bits per heavy atom. The molecule has 1 aromatic rings. The van der Waals surface area contributed by atoms with E-state index < -0.39 is 0 Å². The number of aryl methyl sites for hydroxylation is 1. The van der Waals surface area contributed by atoms with Crippen LogP contribution >= 0.6 is 11.3 Å². The molecule has 5 heteroatoms. The zero-order chi connectivity index (χ0) is 13.2. The van der Waals surface area contributed by atoms with E-state index in [0.717, 1.165) is 43.8 Å². The summed E-state index contributed by atoms with van der Waals surface area (Å²) < 4.78 is 0. The van der Waals surface area contributed by atoms with E-state index in [-0.39, 0.29) is 5.91 Å². The van der Waals surface area contributed by atoms with E-state index in [1.807, 2.05) is 0 Å². The van der Waals surface area contributed by atoms with Gasteiger partial charge in [-0.15, -0.1) is 11.3 Å². The van der Waals surface area contributed by atoms with Crippen LogP contribution in [-0.4, -0.2) is 19.0 Å². The summed E-state index contributed by atoms with van der Waals surface area (Å²) in [6.45, 7) is 1.94. The van der Waals surface area contributed by atoms with Crippen LogP contribution in [0, 0.1) is 17.2 Å². The highest BCUT2D eigenvalue weighted by Gasteiger charge is 2.24. The van der Waals surface area contributed by atoms with Crippen molar-refractivity contribution < 1.29 is 4.79 Å². The molecule has 1 unspecified atom stereocenters. The van der Waals surface area contributed by atoms with E-state index in [0.29, 0.717) is 17.9 Å². The highest BCUT2D eigenvalue weighted by molar-refractivity contribution is 7.16. The van der Waals surface area contributed by atoms with Crippen molar-refractivity contribution in [3.05, 3.63) is 16.0 Å². The fourth-order valence-corrected chi connectivity index (χ4v) is 4.20. The first kappa shape index (κ1) is 12.6. The lowest BCUT2D eigenvalue weighted by Gasteiger charge is -2.08. The number of carbonyl (C=O) groups excluding carboxylic acids is 1. The minimum Gasteiger partial charge on any atom is -0.317 e. The molecule has 4 nitrogen and oxygen atoms in total. The van der Waals surface area contributed by atoms with E-state index in [2.05, 4.69) is 16.7 Å². The van der Waals surface area contributed by atoms with Gasteiger partial charge in [0.25, 0.3) is 0 Å². The lowest BCUT2D eigenvalue weighted by atomic mass is 10.0. The highest BCUT2D eigenvalue weighted by Crippen LogP contribution is 2.38. The largest absolute Gasteiger partial charge is 0.317 e. The van der Waals surface area contributed by atoms with Gasteiger partial charge in [-0.2, -0.15) is 5.26 Å². The molecule has 1 aliphatic carbocycles. The van der Waals surface area contributed by atoms with Crippen LogP contribution in [0.25, 0.3) is 0 Å².